The van der Waals surface area contributed by atoms with Crippen molar-refractivity contribution in [2.75, 3.05) is 11.9 Å². The van der Waals surface area contributed by atoms with E-state index in [9.17, 15) is 17.6 Å². The first-order valence-corrected chi connectivity index (χ1v) is 6.47. The van der Waals surface area contributed by atoms with Crippen molar-refractivity contribution < 1.29 is 17.6 Å². The monoisotopic (exact) mass is 275 g/mol. The van der Waals surface area contributed by atoms with Gasteiger partial charge in [-0.15, -0.1) is 0 Å². The summed E-state index contributed by atoms with van der Waals surface area (Å²) in [6.45, 7) is 2.80. The number of nitrogens with one attached hydrogen (secondary N) is 1. The summed E-state index contributed by atoms with van der Waals surface area (Å²) in [6, 6.07) is 2.61. The van der Waals surface area contributed by atoms with E-state index in [4.69, 9.17) is 0 Å². The molecule has 2 rings (SSSR count). The van der Waals surface area contributed by atoms with Crippen LogP contribution in [0, 0.1) is 17.7 Å². The minimum absolute atomic E-state index is 0.146. The second-order valence-electron chi connectivity index (χ2n) is 5.36. The number of halogens is 4. The van der Waals surface area contributed by atoms with E-state index in [0.717, 1.165) is 25.0 Å². The molecule has 2 atom stereocenters. The Labute approximate surface area is 110 Å². The lowest BCUT2D eigenvalue weighted by molar-refractivity contribution is -0.137. The standard InChI is InChI=1S/C14H17F4N/c1-9-2-3-10(6-9)8-19-13-5-4-11(7-12(13)15)14(16,17)18/h4-5,7,9-10,19H,2-3,6,8H2,1H3. The van der Waals surface area contributed by atoms with Gasteiger partial charge in [0.2, 0.25) is 0 Å². The lowest BCUT2D eigenvalue weighted by Crippen LogP contribution is -2.13. The average Bonchev–Trinajstić information content (AvgIpc) is 2.72. The Morgan fingerprint density at radius 2 is 2.00 bits per heavy atom. The Kier molecular flexibility index (Phi) is 4.02. The fraction of sp³-hybridized carbons (Fsp3) is 0.571. The highest BCUT2D eigenvalue weighted by Crippen LogP contribution is 2.33. The maximum Gasteiger partial charge on any atom is 0.416 e. The van der Waals surface area contributed by atoms with Crippen molar-refractivity contribution in [1.82, 2.24) is 0 Å². The van der Waals surface area contributed by atoms with E-state index >= 15 is 0 Å². The lowest BCUT2D eigenvalue weighted by atomic mass is 10.1. The van der Waals surface area contributed by atoms with Crippen molar-refractivity contribution >= 4 is 5.69 Å². The molecule has 1 aromatic carbocycles. The minimum atomic E-state index is -4.50. The van der Waals surface area contributed by atoms with Gasteiger partial charge in [-0.3, -0.25) is 0 Å². The van der Waals surface area contributed by atoms with E-state index in [0.29, 0.717) is 24.4 Å². The van der Waals surface area contributed by atoms with Crippen LogP contribution in [0.4, 0.5) is 23.2 Å². The first-order chi connectivity index (χ1) is 8.86. The fourth-order valence-corrected chi connectivity index (χ4v) is 2.60. The quantitative estimate of drug-likeness (QED) is 0.789. The summed E-state index contributed by atoms with van der Waals surface area (Å²) in [7, 11) is 0. The molecule has 0 radical (unpaired) electrons. The van der Waals surface area contributed by atoms with Crippen LogP contribution in [0.25, 0.3) is 0 Å². The molecule has 106 valence electrons. The molecular formula is C14H17F4N. The lowest BCUT2D eigenvalue weighted by Gasteiger charge is -2.14. The van der Waals surface area contributed by atoms with E-state index in [1.54, 1.807) is 0 Å². The molecule has 0 aliphatic heterocycles. The number of hydrogen-bond acceptors (Lipinski definition) is 1. The predicted octanol–water partition coefficient (Wildman–Crippen LogP) is 4.69. The van der Waals surface area contributed by atoms with Gasteiger partial charge in [0, 0.05) is 6.54 Å². The zero-order chi connectivity index (χ0) is 14.0. The summed E-state index contributed by atoms with van der Waals surface area (Å²) in [4.78, 5) is 0. The van der Waals surface area contributed by atoms with E-state index < -0.39 is 17.6 Å². The maximum absolute atomic E-state index is 13.6. The Hall–Kier alpha value is -1.26. The molecule has 2 unspecified atom stereocenters. The van der Waals surface area contributed by atoms with Crippen molar-refractivity contribution in [2.24, 2.45) is 11.8 Å². The maximum atomic E-state index is 13.6. The molecule has 1 aromatic rings. The Morgan fingerprint density at radius 1 is 1.26 bits per heavy atom. The van der Waals surface area contributed by atoms with Gasteiger partial charge in [-0.25, -0.2) is 4.39 Å². The molecule has 0 heterocycles. The molecular weight excluding hydrogens is 258 g/mol. The van der Waals surface area contributed by atoms with Crippen molar-refractivity contribution in [1.29, 1.82) is 0 Å². The molecule has 0 spiro atoms. The van der Waals surface area contributed by atoms with Crippen LogP contribution in [0.2, 0.25) is 0 Å². The molecule has 19 heavy (non-hydrogen) atoms. The van der Waals surface area contributed by atoms with Gasteiger partial charge in [0.05, 0.1) is 11.3 Å². The van der Waals surface area contributed by atoms with Gasteiger partial charge in [0.1, 0.15) is 5.82 Å². The topological polar surface area (TPSA) is 12.0 Å². The van der Waals surface area contributed by atoms with Gasteiger partial charge >= 0.3 is 6.18 Å². The smallest absolute Gasteiger partial charge is 0.382 e. The van der Waals surface area contributed by atoms with Crippen molar-refractivity contribution in [3.63, 3.8) is 0 Å². The van der Waals surface area contributed by atoms with Crippen LogP contribution in [0.5, 0.6) is 0 Å². The van der Waals surface area contributed by atoms with Gasteiger partial charge in [0.25, 0.3) is 0 Å². The van der Waals surface area contributed by atoms with Gasteiger partial charge < -0.3 is 5.32 Å². The minimum Gasteiger partial charge on any atom is -0.382 e. The van der Waals surface area contributed by atoms with Crippen molar-refractivity contribution in [3.05, 3.63) is 29.6 Å². The summed E-state index contributed by atoms with van der Waals surface area (Å²) in [5.74, 6) is 0.321. The molecule has 1 aliphatic rings. The summed E-state index contributed by atoms with van der Waals surface area (Å²) in [5, 5.41) is 2.91. The Bertz CT molecular complexity index is 442. The molecule has 0 aromatic heterocycles. The van der Waals surface area contributed by atoms with Crippen LogP contribution in [-0.2, 0) is 6.18 Å². The van der Waals surface area contributed by atoms with Gasteiger partial charge in [-0.2, -0.15) is 13.2 Å². The zero-order valence-electron chi connectivity index (χ0n) is 10.7. The molecule has 0 bridgehead atoms. The summed E-state index contributed by atoms with van der Waals surface area (Å²) in [5.41, 5.74) is -0.808. The fourth-order valence-electron chi connectivity index (χ4n) is 2.60. The van der Waals surface area contributed by atoms with E-state index in [2.05, 4.69) is 12.2 Å². The number of benzene rings is 1. The van der Waals surface area contributed by atoms with Crippen LogP contribution < -0.4 is 5.32 Å². The van der Waals surface area contributed by atoms with E-state index in [1.807, 2.05) is 0 Å². The second-order valence-corrected chi connectivity index (χ2v) is 5.36. The molecule has 1 nitrogen and oxygen atoms in total. The molecule has 1 N–H and O–H groups in total. The van der Waals surface area contributed by atoms with Crippen molar-refractivity contribution in [2.45, 2.75) is 32.4 Å². The number of rotatable bonds is 3. The largest absolute Gasteiger partial charge is 0.416 e. The van der Waals surface area contributed by atoms with E-state index in [1.165, 1.54) is 6.42 Å². The molecule has 5 heteroatoms. The summed E-state index contributed by atoms with van der Waals surface area (Å²) < 4.78 is 50.7. The summed E-state index contributed by atoms with van der Waals surface area (Å²) >= 11 is 0. The highest BCUT2D eigenvalue weighted by molar-refractivity contribution is 5.46. The van der Waals surface area contributed by atoms with Crippen LogP contribution in [0.3, 0.4) is 0 Å². The normalized spacial score (nSPS) is 23.6. The van der Waals surface area contributed by atoms with Crippen molar-refractivity contribution in [3.8, 4) is 0 Å². The third kappa shape index (κ3) is 3.61. The van der Waals surface area contributed by atoms with Crippen LogP contribution in [0.1, 0.15) is 31.7 Å². The average molecular weight is 275 g/mol. The highest BCUT2D eigenvalue weighted by Gasteiger charge is 2.31. The van der Waals surface area contributed by atoms with Gasteiger partial charge in [-0.05, 0) is 42.9 Å². The zero-order valence-corrected chi connectivity index (χ0v) is 10.7. The number of hydrogen-bond donors (Lipinski definition) is 1. The van der Waals surface area contributed by atoms with E-state index in [-0.39, 0.29) is 5.69 Å². The highest BCUT2D eigenvalue weighted by atomic mass is 19.4. The third-order valence-corrected chi connectivity index (χ3v) is 3.68. The Morgan fingerprint density at radius 3 is 2.53 bits per heavy atom. The molecule has 0 saturated heterocycles. The van der Waals surface area contributed by atoms with Crippen LogP contribution in [0.15, 0.2) is 18.2 Å². The van der Waals surface area contributed by atoms with Gasteiger partial charge in [0.15, 0.2) is 0 Å². The van der Waals surface area contributed by atoms with Gasteiger partial charge in [-0.1, -0.05) is 13.3 Å². The number of alkyl halides is 3. The molecule has 1 saturated carbocycles. The summed E-state index contributed by atoms with van der Waals surface area (Å²) in [6.07, 6.45) is -1.15. The van der Waals surface area contributed by atoms with Crippen LogP contribution >= 0.6 is 0 Å². The molecule has 0 amide bonds. The Balaban J connectivity index is 1.98. The first kappa shape index (κ1) is 14.2. The third-order valence-electron chi connectivity index (χ3n) is 3.68. The predicted molar refractivity (Wildman–Crippen MR) is 66.4 cm³/mol. The second kappa shape index (κ2) is 5.39. The molecule has 1 aliphatic carbocycles. The SMILES string of the molecule is CC1CCC(CNc2ccc(C(F)(F)F)cc2F)C1. The molecule has 1 fully saturated rings. The first-order valence-electron chi connectivity index (χ1n) is 6.47. The van der Waals surface area contributed by atoms with Crippen LogP contribution in [-0.4, -0.2) is 6.54 Å². The number of anilines is 1.